The van der Waals surface area contributed by atoms with Crippen molar-refractivity contribution in [2.75, 3.05) is 21.3 Å². The van der Waals surface area contributed by atoms with Crippen molar-refractivity contribution < 1.29 is 14.3 Å². The van der Waals surface area contributed by atoms with E-state index in [1.165, 1.54) is 14.2 Å². The molecule has 1 aromatic carbocycles. The number of benzene rings is 1. The third kappa shape index (κ3) is 7.81. The SMILES string of the molecule is CC.CN.COC(=O)CC(OC)c1ccccc1. The molecule has 0 amide bonds. The smallest absolute Gasteiger partial charge is 0.308 e. The summed E-state index contributed by atoms with van der Waals surface area (Å²) < 4.78 is 9.79. The summed E-state index contributed by atoms with van der Waals surface area (Å²) in [5.41, 5.74) is 5.49. The van der Waals surface area contributed by atoms with Crippen molar-refractivity contribution in [1.82, 2.24) is 0 Å². The highest BCUT2D eigenvalue weighted by atomic mass is 16.5. The second kappa shape index (κ2) is 13.7. The highest BCUT2D eigenvalue weighted by molar-refractivity contribution is 5.70. The molecule has 0 saturated heterocycles. The van der Waals surface area contributed by atoms with E-state index in [2.05, 4.69) is 10.5 Å². The van der Waals surface area contributed by atoms with Crippen molar-refractivity contribution in [2.24, 2.45) is 5.73 Å². The maximum atomic E-state index is 11.1. The molecule has 0 spiro atoms. The summed E-state index contributed by atoms with van der Waals surface area (Å²) >= 11 is 0. The number of carbonyl (C=O) groups is 1. The Morgan fingerprint density at radius 1 is 1.17 bits per heavy atom. The van der Waals surface area contributed by atoms with Crippen LogP contribution in [-0.4, -0.2) is 27.2 Å². The first-order valence-corrected chi connectivity index (χ1v) is 6.00. The summed E-state index contributed by atoms with van der Waals surface area (Å²) in [4.78, 5) is 11.1. The fourth-order valence-electron chi connectivity index (χ4n) is 1.24. The van der Waals surface area contributed by atoms with Gasteiger partial charge in [-0.25, -0.2) is 0 Å². The van der Waals surface area contributed by atoms with Gasteiger partial charge in [-0.05, 0) is 12.6 Å². The zero-order valence-electron chi connectivity index (χ0n) is 12.0. The standard InChI is InChI=1S/C11H14O3.C2H6.CH5N/c1-13-10(8-11(12)14-2)9-6-4-3-5-7-9;2*1-2/h3-7,10H,8H2,1-2H3;1-2H3;2H2,1H3. The summed E-state index contributed by atoms with van der Waals surface area (Å²) in [5, 5.41) is 0. The van der Waals surface area contributed by atoms with Crippen LogP contribution < -0.4 is 5.73 Å². The molecule has 1 aromatic rings. The predicted octanol–water partition coefficient (Wildman–Crippen LogP) is 2.54. The predicted molar refractivity (Wildman–Crippen MR) is 74.3 cm³/mol. The third-order valence-corrected chi connectivity index (χ3v) is 2.04. The monoisotopic (exact) mass is 255 g/mol. The Labute approximate surface area is 110 Å². The lowest BCUT2D eigenvalue weighted by atomic mass is 10.1. The molecule has 0 aliphatic rings. The minimum absolute atomic E-state index is 0.219. The Bertz CT molecular complexity index is 288. The Morgan fingerprint density at radius 2 is 1.67 bits per heavy atom. The molecule has 18 heavy (non-hydrogen) atoms. The summed E-state index contributed by atoms with van der Waals surface area (Å²) in [7, 11) is 4.46. The van der Waals surface area contributed by atoms with E-state index in [4.69, 9.17) is 4.74 Å². The highest BCUT2D eigenvalue weighted by Crippen LogP contribution is 2.20. The largest absolute Gasteiger partial charge is 0.469 e. The van der Waals surface area contributed by atoms with Crippen molar-refractivity contribution in [1.29, 1.82) is 0 Å². The van der Waals surface area contributed by atoms with Gasteiger partial charge in [-0.15, -0.1) is 0 Å². The molecule has 0 aliphatic carbocycles. The zero-order chi connectivity index (χ0) is 14.4. The topological polar surface area (TPSA) is 61.5 Å². The van der Waals surface area contributed by atoms with Crippen molar-refractivity contribution >= 4 is 5.97 Å². The second-order valence-electron chi connectivity index (χ2n) is 2.92. The van der Waals surface area contributed by atoms with E-state index >= 15 is 0 Å². The number of carbonyl (C=O) groups excluding carboxylic acids is 1. The van der Waals surface area contributed by atoms with Crippen LogP contribution in [0.1, 0.15) is 31.9 Å². The van der Waals surface area contributed by atoms with Crippen LogP contribution in [0.25, 0.3) is 0 Å². The van der Waals surface area contributed by atoms with Gasteiger partial charge < -0.3 is 15.2 Å². The molecule has 0 bridgehead atoms. The van der Waals surface area contributed by atoms with Gasteiger partial charge in [0.05, 0.1) is 19.6 Å². The van der Waals surface area contributed by atoms with E-state index in [9.17, 15) is 4.79 Å². The molecular weight excluding hydrogens is 230 g/mol. The number of hydrogen-bond donors (Lipinski definition) is 1. The van der Waals surface area contributed by atoms with Gasteiger partial charge in [0.15, 0.2) is 0 Å². The quantitative estimate of drug-likeness (QED) is 0.840. The van der Waals surface area contributed by atoms with E-state index in [1.807, 2.05) is 44.2 Å². The molecule has 4 heteroatoms. The minimum atomic E-state index is -0.263. The average molecular weight is 255 g/mol. The number of esters is 1. The van der Waals surface area contributed by atoms with Crippen LogP contribution in [0, 0.1) is 0 Å². The molecule has 0 saturated carbocycles. The molecule has 1 unspecified atom stereocenters. The minimum Gasteiger partial charge on any atom is -0.469 e. The van der Waals surface area contributed by atoms with Crippen molar-refractivity contribution in [3.8, 4) is 0 Å². The van der Waals surface area contributed by atoms with Crippen LogP contribution >= 0.6 is 0 Å². The van der Waals surface area contributed by atoms with Crippen molar-refractivity contribution in [2.45, 2.75) is 26.4 Å². The van der Waals surface area contributed by atoms with Crippen LogP contribution in [0.5, 0.6) is 0 Å². The van der Waals surface area contributed by atoms with E-state index in [0.717, 1.165) is 5.56 Å². The zero-order valence-corrected chi connectivity index (χ0v) is 12.0. The van der Waals surface area contributed by atoms with Crippen LogP contribution in [-0.2, 0) is 14.3 Å². The Morgan fingerprint density at radius 3 is 2.06 bits per heavy atom. The molecule has 0 aliphatic heterocycles. The first-order valence-electron chi connectivity index (χ1n) is 6.00. The van der Waals surface area contributed by atoms with Crippen molar-refractivity contribution in [3.63, 3.8) is 0 Å². The van der Waals surface area contributed by atoms with Crippen LogP contribution in [0.2, 0.25) is 0 Å². The molecule has 0 fully saturated rings. The molecular formula is C14H25NO3. The molecule has 1 rings (SSSR count). The molecule has 2 N–H and O–H groups in total. The van der Waals surface area contributed by atoms with Crippen molar-refractivity contribution in [3.05, 3.63) is 35.9 Å². The van der Waals surface area contributed by atoms with Gasteiger partial charge in [0.1, 0.15) is 0 Å². The van der Waals surface area contributed by atoms with E-state index < -0.39 is 0 Å². The molecule has 0 aromatic heterocycles. The molecule has 0 radical (unpaired) electrons. The summed E-state index contributed by atoms with van der Waals surface area (Å²) in [6.45, 7) is 4.00. The summed E-state index contributed by atoms with van der Waals surface area (Å²) in [6, 6.07) is 9.61. The van der Waals surface area contributed by atoms with Crippen LogP contribution in [0.15, 0.2) is 30.3 Å². The van der Waals surface area contributed by atoms with Gasteiger partial charge in [0, 0.05) is 7.11 Å². The van der Waals surface area contributed by atoms with Gasteiger partial charge >= 0.3 is 5.97 Å². The van der Waals surface area contributed by atoms with Crippen LogP contribution in [0.4, 0.5) is 0 Å². The highest BCUT2D eigenvalue weighted by Gasteiger charge is 2.14. The third-order valence-electron chi connectivity index (χ3n) is 2.04. The Balaban J connectivity index is 0. The van der Waals surface area contributed by atoms with Gasteiger partial charge in [0.2, 0.25) is 0 Å². The van der Waals surface area contributed by atoms with Gasteiger partial charge in [-0.3, -0.25) is 4.79 Å². The van der Waals surface area contributed by atoms with Crippen LogP contribution in [0.3, 0.4) is 0 Å². The van der Waals surface area contributed by atoms with Gasteiger partial charge in [-0.2, -0.15) is 0 Å². The van der Waals surface area contributed by atoms with E-state index in [0.29, 0.717) is 0 Å². The van der Waals surface area contributed by atoms with Gasteiger partial charge in [0.25, 0.3) is 0 Å². The number of ether oxygens (including phenoxy) is 2. The molecule has 4 nitrogen and oxygen atoms in total. The summed E-state index contributed by atoms with van der Waals surface area (Å²) in [6.07, 6.45) is 0.0282. The number of nitrogens with two attached hydrogens (primary N) is 1. The van der Waals surface area contributed by atoms with E-state index in [-0.39, 0.29) is 18.5 Å². The lowest BCUT2D eigenvalue weighted by Gasteiger charge is -2.13. The first-order chi connectivity index (χ1) is 8.77. The molecule has 1 atom stereocenters. The van der Waals surface area contributed by atoms with E-state index in [1.54, 1.807) is 7.11 Å². The summed E-state index contributed by atoms with van der Waals surface area (Å²) in [5.74, 6) is -0.263. The fraction of sp³-hybridized carbons (Fsp3) is 0.500. The Hall–Kier alpha value is -1.39. The maximum absolute atomic E-state index is 11.1. The number of hydrogen-bond acceptors (Lipinski definition) is 4. The molecule has 104 valence electrons. The second-order valence-corrected chi connectivity index (χ2v) is 2.92. The maximum Gasteiger partial charge on any atom is 0.308 e. The molecule has 0 heterocycles. The lowest BCUT2D eigenvalue weighted by molar-refractivity contribution is -0.143. The number of rotatable bonds is 4. The van der Waals surface area contributed by atoms with Gasteiger partial charge in [-0.1, -0.05) is 44.2 Å². The first kappa shape index (κ1) is 19.0. The lowest BCUT2D eigenvalue weighted by Crippen LogP contribution is -2.10. The Kier molecular flexibility index (Phi) is 14.4. The number of methoxy groups -OCH3 is 2. The fourth-order valence-corrected chi connectivity index (χ4v) is 1.24. The normalized spacial score (nSPS) is 10.1. The average Bonchev–Trinajstić information content (AvgIpc) is 2.49.